The molecule has 3 rings (SSSR count). The lowest BCUT2D eigenvalue weighted by Crippen LogP contribution is -2.18. The van der Waals surface area contributed by atoms with Gasteiger partial charge in [-0.1, -0.05) is 38.1 Å². The molecule has 0 aliphatic heterocycles. The van der Waals surface area contributed by atoms with Gasteiger partial charge < -0.3 is 10.6 Å². The summed E-state index contributed by atoms with van der Waals surface area (Å²) in [7, 11) is 0. The highest BCUT2D eigenvalue weighted by molar-refractivity contribution is 6.07. The van der Waals surface area contributed by atoms with Crippen LogP contribution in [-0.4, -0.2) is 21.6 Å². The minimum absolute atomic E-state index is 0.229. The first-order chi connectivity index (χ1) is 13.9. The zero-order chi connectivity index (χ0) is 21.0. The van der Waals surface area contributed by atoms with Crippen molar-refractivity contribution in [3.05, 3.63) is 77.1 Å². The maximum absolute atomic E-state index is 12.9. The third-order valence-electron chi connectivity index (χ3n) is 4.70. The molecule has 0 atom stereocenters. The molecule has 1 aromatic heterocycles. The fraction of sp³-hybridized carbons (Fsp3) is 0.261. The van der Waals surface area contributed by atoms with Crippen LogP contribution in [0.3, 0.4) is 0 Å². The highest BCUT2D eigenvalue weighted by atomic mass is 16.2. The molecule has 29 heavy (non-hydrogen) atoms. The summed E-state index contributed by atoms with van der Waals surface area (Å²) in [6.07, 6.45) is 0. The van der Waals surface area contributed by atoms with Crippen LogP contribution in [0.4, 0.5) is 11.4 Å². The van der Waals surface area contributed by atoms with E-state index in [1.807, 2.05) is 70.2 Å². The zero-order valence-electron chi connectivity index (χ0n) is 17.2. The van der Waals surface area contributed by atoms with Crippen molar-refractivity contribution >= 4 is 23.2 Å². The van der Waals surface area contributed by atoms with E-state index in [1.54, 1.807) is 16.8 Å². The minimum atomic E-state index is -0.241. The number of benzene rings is 2. The van der Waals surface area contributed by atoms with Crippen molar-refractivity contribution in [3.8, 4) is 0 Å². The van der Waals surface area contributed by atoms with E-state index in [2.05, 4.69) is 15.7 Å². The molecule has 6 heteroatoms. The molecule has 0 bridgehead atoms. The number of carbonyl (C=O) groups is 2. The molecule has 1 heterocycles. The van der Waals surface area contributed by atoms with Gasteiger partial charge in [0.2, 0.25) is 0 Å². The van der Waals surface area contributed by atoms with E-state index in [9.17, 15) is 9.59 Å². The molecule has 3 aromatic rings. The van der Waals surface area contributed by atoms with Gasteiger partial charge in [-0.15, -0.1) is 0 Å². The molecule has 0 aliphatic carbocycles. The lowest BCUT2D eigenvalue weighted by Gasteiger charge is -2.11. The summed E-state index contributed by atoms with van der Waals surface area (Å²) in [5.41, 5.74) is 4.06. The first-order valence-electron chi connectivity index (χ1n) is 9.75. The van der Waals surface area contributed by atoms with E-state index in [0.29, 0.717) is 23.5 Å². The second-order valence-electron chi connectivity index (χ2n) is 7.23. The van der Waals surface area contributed by atoms with Crippen LogP contribution in [0.5, 0.6) is 0 Å². The van der Waals surface area contributed by atoms with E-state index in [-0.39, 0.29) is 17.7 Å². The Kier molecular flexibility index (Phi) is 6.12. The molecule has 6 nitrogen and oxygen atoms in total. The van der Waals surface area contributed by atoms with Crippen molar-refractivity contribution in [2.45, 2.75) is 40.2 Å². The number of hydrogen-bond acceptors (Lipinski definition) is 3. The number of para-hydroxylation sites is 1. The monoisotopic (exact) mass is 390 g/mol. The highest BCUT2D eigenvalue weighted by Gasteiger charge is 2.18. The molecule has 0 radical (unpaired) electrons. The number of nitrogens with one attached hydrogen (secondary N) is 2. The normalized spacial score (nSPS) is 10.8. The lowest BCUT2D eigenvalue weighted by molar-refractivity contribution is 0.101. The van der Waals surface area contributed by atoms with Crippen molar-refractivity contribution in [1.82, 2.24) is 9.78 Å². The SMILES string of the molecule is CCn1nc(C(C)C)cc1C(=O)Nc1cc(C(=O)Nc2ccccc2)ccc1C. The summed E-state index contributed by atoms with van der Waals surface area (Å²) in [5, 5.41) is 10.3. The maximum Gasteiger partial charge on any atom is 0.273 e. The van der Waals surface area contributed by atoms with Crippen LogP contribution >= 0.6 is 0 Å². The topological polar surface area (TPSA) is 76.0 Å². The van der Waals surface area contributed by atoms with Crippen molar-refractivity contribution < 1.29 is 9.59 Å². The fourth-order valence-corrected chi connectivity index (χ4v) is 2.95. The van der Waals surface area contributed by atoms with Gasteiger partial charge in [-0.05, 0) is 55.7 Å². The van der Waals surface area contributed by atoms with Crippen LogP contribution in [0.1, 0.15) is 58.8 Å². The smallest absolute Gasteiger partial charge is 0.273 e. The van der Waals surface area contributed by atoms with Crippen LogP contribution in [-0.2, 0) is 6.54 Å². The number of aryl methyl sites for hydroxylation is 2. The molecule has 0 aliphatic rings. The molecule has 150 valence electrons. The Hall–Kier alpha value is -3.41. The Balaban J connectivity index is 1.81. The average Bonchev–Trinajstić information content (AvgIpc) is 3.15. The quantitative estimate of drug-likeness (QED) is 0.632. The van der Waals surface area contributed by atoms with Gasteiger partial charge in [0.1, 0.15) is 5.69 Å². The summed E-state index contributed by atoms with van der Waals surface area (Å²) in [5.74, 6) is -0.233. The zero-order valence-corrected chi connectivity index (χ0v) is 17.2. The Morgan fingerprint density at radius 3 is 2.38 bits per heavy atom. The Morgan fingerprint density at radius 2 is 1.72 bits per heavy atom. The second kappa shape index (κ2) is 8.73. The van der Waals surface area contributed by atoms with Gasteiger partial charge in [0.05, 0.1) is 5.69 Å². The van der Waals surface area contributed by atoms with Crippen molar-refractivity contribution in [2.24, 2.45) is 0 Å². The summed E-state index contributed by atoms with van der Waals surface area (Å²) >= 11 is 0. The predicted octanol–water partition coefficient (Wildman–Crippen LogP) is 4.84. The molecule has 0 saturated carbocycles. The molecule has 0 saturated heterocycles. The minimum Gasteiger partial charge on any atom is -0.322 e. The van der Waals surface area contributed by atoms with Gasteiger partial charge in [-0.3, -0.25) is 14.3 Å². The number of anilines is 2. The first kappa shape index (κ1) is 20.3. The predicted molar refractivity (Wildman–Crippen MR) is 116 cm³/mol. The average molecular weight is 390 g/mol. The van der Waals surface area contributed by atoms with Crippen LogP contribution in [0, 0.1) is 6.92 Å². The molecule has 0 fully saturated rings. The summed E-state index contributed by atoms with van der Waals surface area (Å²) in [4.78, 5) is 25.5. The number of aromatic nitrogens is 2. The second-order valence-corrected chi connectivity index (χ2v) is 7.23. The van der Waals surface area contributed by atoms with Crippen LogP contribution in [0.2, 0.25) is 0 Å². The van der Waals surface area contributed by atoms with Crippen molar-refractivity contribution in [1.29, 1.82) is 0 Å². The van der Waals surface area contributed by atoms with E-state index in [1.165, 1.54) is 0 Å². The van der Waals surface area contributed by atoms with Crippen LogP contribution < -0.4 is 10.6 Å². The third kappa shape index (κ3) is 4.71. The van der Waals surface area contributed by atoms with Gasteiger partial charge in [0.15, 0.2) is 0 Å². The molecule has 2 amide bonds. The summed E-state index contributed by atoms with van der Waals surface area (Å²) in [6.45, 7) is 8.54. The maximum atomic E-state index is 12.9. The molecular formula is C23H26N4O2. The Bertz CT molecular complexity index is 1020. The number of amides is 2. The summed E-state index contributed by atoms with van der Waals surface area (Å²) in [6, 6.07) is 16.4. The largest absolute Gasteiger partial charge is 0.322 e. The molecule has 2 N–H and O–H groups in total. The highest BCUT2D eigenvalue weighted by Crippen LogP contribution is 2.21. The Morgan fingerprint density at radius 1 is 1.00 bits per heavy atom. The van der Waals surface area contributed by atoms with Gasteiger partial charge >= 0.3 is 0 Å². The third-order valence-corrected chi connectivity index (χ3v) is 4.70. The van der Waals surface area contributed by atoms with Crippen LogP contribution in [0.15, 0.2) is 54.6 Å². The number of rotatable bonds is 6. The molecule has 0 unspecified atom stereocenters. The van der Waals surface area contributed by atoms with E-state index in [4.69, 9.17) is 0 Å². The van der Waals surface area contributed by atoms with Crippen molar-refractivity contribution in [2.75, 3.05) is 10.6 Å². The number of carbonyl (C=O) groups excluding carboxylic acids is 2. The molecular weight excluding hydrogens is 364 g/mol. The van der Waals surface area contributed by atoms with Gasteiger partial charge in [-0.25, -0.2) is 0 Å². The Labute approximate surface area is 170 Å². The van der Waals surface area contributed by atoms with Gasteiger partial charge in [-0.2, -0.15) is 5.10 Å². The van der Waals surface area contributed by atoms with Crippen LogP contribution in [0.25, 0.3) is 0 Å². The summed E-state index contributed by atoms with van der Waals surface area (Å²) < 4.78 is 1.70. The number of nitrogens with zero attached hydrogens (tertiary/aromatic N) is 2. The number of hydrogen-bond donors (Lipinski definition) is 2. The standard InChI is InChI=1S/C23H26N4O2/c1-5-27-21(14-19(26-27)15(2)3)23(29)25-20-13-17(12-11-16(20)4)22(28)24-18-9-7-6-8-10-18/h6-15H,5H2,1-4H3,(H,24,28)(H,25,29). The molecule has 0 spiro atoms. The first-order valence-corrected chi connectivity index (χ1v) is 9.75. The van der Waals surface area contributed by atoms with Gasteiger partial charge in [0.25, 0.3) is 11.8 Å². The van der Waals surface area contributed by atoms with Crippen molar-refractivity contribution in [3.63, 3.8) is 0 Å². The van der Waals surface area contributed by atoms with E-state index >= 15 is 0 Å². The van der Waals surface area contributed by atoms with E-state index < -0.39 is 0 Å². The van der Waals surface area contributed by atoms with E-state index in [0.717, 1.165) is 16.9 Å². The fourth-order valence-electron chi connectivity index (χ4n) is 2.95. The molecule has 2 aromatic carbocycles. The lowest BCUT2D eigenvalue weighted by atomic mass is 10.1. The van der Waals surface area contributed by atoms with Gasteiger partial charge in [0, 0.05) is 23.5 Å².